The molecule has 1 fully saturated rings. The van der Waals surface area contributed by atoms with Crippen LogP contribution < -0.4 is 10.6 Å². The first-order valence-corrected chi connectivity index (χ1v) is 9.97. The number of pyridine rings is 1. The normalized spacial score (nSPS) is 17.7. The molecular formula is C23H20N4O3. The molecule has 7 heteroatoms. The molecule has 1 unspecified atom stereocenters. The molecule has 3 amide bonds. The maximum atomic E-state index is 12.9. The molecule has 1 aliphatic heterocycles. The Bertz CT molecular complexity index is 1170. The topological polar surface area (TPSA) is 91.4 Å². The number of hydrogen-bond donors (Lipinski definition) is 2. The van der Waals surface area contributed by atoms with Crippen LogP contribution in [0.4, 0.5) is 5.82 Å². The van der Waals surface area contributed by atoms with Crippen LogP contribution in [0.25, 0.3) is 10.9 Å². The van der Waals surface area contributed by atoms with E-state index in [-0.39, 0.29) is 30.3 Å². The van der Waals surface area contributed by atoms with Crippen LogP contribution in [0, 0.1) is 0 Å². The van der Waals surface area contributed by atoms with Crippen molar-refractivity contribution in [1.29, 1.82) is 0 Å². The molecule has 0 radical (unpaired) electrons. The maximum Gasteiger partial charge on any atom is 0.255 e. The van der Waals surface area contributed by atoms with E-state index in [0.29, 0.717) is 16.9 Å². The Balaban J connectivity index is 1.27. The van der Waals surface area contributed by atoms with Gasteiger partial charge in [0.25, 0.3) is 5.91 Å². The molecule has 5 rings (SSSR count). The highest BCUT2D eigenvalue weighted by atomic mass is 16.2. The van der Waals surface area contributed by atoms with Crippen molar-refractivity contribution in [1.82, 2.24) is 15.2 Å². The van der Waals surface area contributed by atoms with Crippen LogP contribution in [0.2, 0.25) is 0 Å². The second-order valence-corrected chi connectivity index (χ2v) is 7.59. The summed E-state index contributed by atoms with van der Waals surface area (Å²) < 4.78 is 0. The van der Waals surface area contributed by atoms with Crippen LogP contribution in [0.1, 0.15) is 34.8 Å². The molecule has 3 aromatic rings. The summed E-state index contributed by atoms with van der Waals surface area (Å²) in [6.07, 6.45) is 1.80. The summed E-state index contributed by atoms with van der Waals surface area (Å²) in [5, 5.41) is 6.37. The number of rotatable bonds is 5. The van der Waals surface area contributed by atoms with E-state index in [0.717, 1.165) is 23.7 Å². The molecule has 150 valence electrons. The van der Waals surface area contributed by atoms with Crippen LogP contribution in [-0.2, 0) is 9.59 Å². The number of amides is 3. The van der Waals surface area contributed by atoms with Crippen molar-refractivity contribution in [2.75, 3.05) is 11.9 Å². The molecule has 0 spiro atoms. The molecule has 30 heavy (non-hydrogen) atoms. The summed E-state index contributed by atoms with van der Waals surface area (Å²) in [5.41, 5.74) is 2.04. The predicted octanol–water partition coefficient (Wildman–Crippen LogP) is 2.65. The van der Waals surface area contributed by atoms with E-state index >= 15 is 0 Å². The van der Waals surface area contributed by atoms with Gasteiger partial charge >= 0.3 is 0 Å². The van der Waals surface area contributed by atoms with Crippen molar-refractivity contribution >= 4 is 34.4 Å². The number of carbonyl (C=O) groups excluding carboxylic acids is 3. The fraction of sp³-hybridized carbons (Fsp3) is 0.217. The minimum absolute atomic E-state index is 0.0938. The Morgan fingerprint density at radius 2 is 1.77 bits per heavy atom. The SMILES string of the molecule is O=C(CNC(=O)C1c2ccccc2C(=O)N1C1CC1)Nc1ccc2ccccc2n1. The number of carbonyl (C=O) groups is 3. The van der Waals surface area contributed by atoms with Crippen molar-refractivity contribution < 1.29 is 14.4 Å². The quantitative estimate of drug-likeness (QED) is 0.689. The van der Waals surface area contributed by atoms with E-state index in [2.05, 4.69) is 15.6 Å². The molecule has 1 aliphatic carbocycles. The number of benzene rings is 2. The maximum absolute atomic E-state index is 12.9. The molecule has 1 saturated carbocycles. The largest absolute Gasteiger partial charge is 0.345 e. The van der Waals surface area contributed by atoms with Crippen molar-refractivity contribution in [2.45, 2.75) is 24.9 Å². The number of nitrogens with one attached hydrogen (secondary N) is 2. The lowest BCUT2D eigenvalue weighted by Crippen LogP contribution is -2.42. The molecule has 1 aromatic heterocycles. The molecule has 2 N–H and O–H groups in total. The van der Waals surface area contributed by atoms with E-state index in [4.69, 9.17) is 0 Å². The van der Waals surface area contributed by atoms with Gasteiger partial charge in [0.15, 0.2) is 0 Å². The predicted molar refractivity (Wildman–Crippen MR) is 112 cm³/mol. The number of anilines is 1. The van der Waals surface area contributed by atoms with Crippen LogP contribution in [-0.4, -0.2) is 40.2 Å². The third-order valence-corrected chi connectivity index (χ3v) is 5.48. The van der Waals surface area contributed by atoms with Gasteiger partial charge in [-0.3, -0.25) is 14.4 Å². The van der Waals surface area contributed by atoms with Gasteiger partial charge in [-0.2, -0.15) is 0 Å². The Morgan fingerprint density at radius 3 is 2.60 bits per heavy atom. The zero-order valence-corrected chi connectivity index (χ0v) is 16.2. The summed E-state index contributed by atoms with van der Waals surface area (Å²) >= 11 is 0. The Morgan fingerprint density at radius 1 is 1.00 bits per heavy atom. The van der Waals surface area contributed by atoms with E-state index in [1.165, 1.54) is 0 Å². The summed E-state index contributed by atoms with van der Waals surface area (Å²) in [6.45, 7) is -0.196. The zero-order valence-electron chi connectivity index (χ0n) is 16.2. The van der Waals surface area contributed by atoms with Gasteiger partial charge in [-0.1, -0.05) is 36.4 Å². The summed E-state index contributed by atoms with van der Waals surface area (Å²) in [7, 11) is 0. The van der Waals surface area contributed by atoms with E-state index < -0.39 is 6.04 Å². The first-order chi connectivity index (χ1) is 14.6. The number of aromatic nitrogens is 1. The van der Waals surface area contributed by atoms with Crippen LogP contribution in [0.15, 0.2) is 60.7 Å². The fourth-order valence-corrected chi connectivity index (χ4v) is 3.92. The second-order valence-electron chi connectivity index (χ2n) is 7.59. The minimum Gasteiger partial charge on any atom is -0.345 e. The van der Waals surface area contributed by atoms with Crippen molar-refractivity contribution in [3.63, 3.8) is 0 Å². The highest BCUT2D eigenvalue weighted by Gasteiger charge is 2.47. The monoisotopic (exact) mass is 400 g/mol. The minimum atomic E-state index is -0.687. The van der Waals surface area contributed by atoms with Crippen molar-refractivity contribution in [3.05, 3.63) is 71.8 Å². The van der Waals surface area contributed by atoms with Crippen LogP contribution >= 0.6 is 0 Å². The Kier molecular flexibility index (Phi) is 4.43. The fourth-order valence-electron chi connectivity index (χ4n) is 3.92. The lowest BCUT2D eigenvalue weighted by molar-refractivity contribution is -0.127. The third kappa shape index (κ3) is 3.28. The smallest absolute Gasteiger partial charge is 0.255 e. The van der Waals surface area contributed by atoms with E-state index in [9.17, 15) is 14.4 Å². The van der Waals surface area contributed by atoms with Gasteiger partial charge in [0.1, 0.15) is 11.9 Å². The van der Waals surface area contributed by atoms with E-state index in [1.807, 2.05) is 36.4 Å². The van der Waals surface area contributed by atoms with E-state index in [1.54, 1.807) is 29.2 Å². The van der Waals surface area contributed by atoms with Gasteiger partial charge in [-0.15, -0.1) is 0 Å². The third-order valence-electron chi connectivity index (χ3n) is 5.48. The van der Waals surface area contributed by atoms with Gasteiger partial charge in [-0.05, 0) is 42.7 Å². The molecule has 0 bridgehead atoms. The van der Waals surface area contributed by atoms with Gasteiger partial charge in [0, 0.05) is 17.0 Å². The standard InChI is InChI=1S/C23H20N4O3/c28-20(26-19-12-9-14-5-1-4-8-18(14)25-19)13-24-22(29)21-16-6-2-3-7-17(16)23(30)27(21)15-10-11-15/h1-9,12,15,21H,10-11,13H2,(H,24,29)(H,25,26,28). The average molecular weight is 400 g/mol. The van der Waals surface area contributed by atoms with Crippen LogP contribution in [0.3, 0.4) is 0 Å². The van der Waals surface area contributed by atoms with Gasteiger partial charge in [-0.25, -0.2) is 4.98 Å². The van der Waals surface area contributed by atoms with Crippen LogP contribution in [0.5, 0.6) is 0 Å². The zero-order chi connectivity index (χ0) is 20.7. The van der Waals surface area contributed by atoms with Crippen molar-refractivity contribution in [2.24, 2.45) is 0 Å². The molecule has 0 saturated heterocycles. The summed E-state index contributed by atoms with van der Waals surface area (Å²) in [6, 6.07) is 17.8. The summed E-state index contributed by atoms with van der Waals surface area (Å²) in [5.74, 6) is -0.407. The first kappa shape index (κ1) is 18.3. The van der Waals surface area contributed by atoms with Crippen molar-refractivity contribution in [3.8, 4) is 0 Å². The number of nitrogens with zero attached hydrogens (tertiary/aromatic N) is 2. The highest BCUT2D eigenvalue weighted by Crippen LogP contribution is 2.41. The molecule has 1 atom stereocenters. The molecule has 7 nitrogen and oxygen atoms in total. The Hall–Kier alpha value is -3.74. The number of para-hydroxylation sites is 1. The van der Waals surface area contributed by atoms with Gasteiger partial charge in [0.05, 0.1) is 12.1 Å². The first-order valence-electron chi connectivity index (χ1n) is 9.97. The molecule has 2 aromatic carbocycles. The van der Waals surface area contributed by atoms with Gasteiger partial charge < -0.3 is 15.5 Å². The molecule has 2 heterocycles. The Labute approximate surface area is 173 Å². The lowest BCUT2D eigenvalue weighted by Gasteiger charge is -2.24. The molecule has 2 aliphatic rings. The number of fused-ring (bicyclic) bond motifs is 2. The van der Waals surface area contributed by atoms with Gasteiger partial charge in [0.2, 0.25) is 11.8 Å². The molecular weight excluding hydrogens is 380 g/mol. The summed E-state index contributed by atoms with van der Waals surface area (Å²) in [4.78, 5) is 44.1. The number of hydrogen-bond acceptors (Lipinski definition) is 4. The lowest BCUT2D eigenvalue weighted by atomic mass is 10.0. The average Bonchev–Trinajstić information content (AvgIpc) is 3.56. The second kappa shape index (κ2) is 7.26. The highest BCUT2D eigenvalue weighted by molar-refractivity contribution is 6.05.